The van der Waals surface area contributed by atoms with Crippen LogP contribution in [0.25, 0.3) is 0 Å². The van der Waals surface area contributed by atoms with Gasteiger partial charge in [-0.2, -0.15) is 0 Å². The summed E-state index contributed by atoms with van der Waals surface area (Å²) in [6.45, 7) is 0.295. The van der Waals surface area contributed by atoms with Gasteiger partial charge in [0.15, 0.2) is 0 Å². The molecule has 3 N–H and O–H groups in total. The van der Waals surface area contributed by atoms with Crippen molar-refractivity contribution < 1.29 is 13.0 Å². The molecular formula is C10H17N2O3PS2. The molecule has 0 aromatic heterocycles. The molecule has 0 aliphatic rings. The van der Waals surface area contributed by atoms with Crippen molar-refractivity contribution in [2.24, 2.45) is 5.50 Å². The van der Waals surface area contributed by atoms with Crippen molar-refractivity contribution in [1.29, 1.82) is 0 Å². The lowest BCUT2D eigenvalue weighted by atomic mass is 10.4. The van der Waals surface area contributed by atoms with E-state index >= 15 is 0 Å². The summed E-state index contributed by atoms with van der Waals surface area (Å²) in [7, 11) is -3.83. The smallest absolute Gasteiger partial charge is 0.276 e. The molecule has 8 heteroatoms. The van der Waals surface area contributed by atoms with Crippen molar-refractivity contribution in [2.75, 3.05) is 0 Å². The first kappa shape index (κ1) is 15.7. The van der Waals surface area contributed by atoms with Crippen LogP contribution in [0.5, 0.6) is 0 Å². The highest BCUT2D eigenvalue weighted by atomic mass is 32.7. The summed E-state index contributed by atoms with van der Waals surface area (Å²) in [6.07, 6.45) is 0.763. The van der Waals surface area contributed by atoms with Crippen LogP contribution in [-0.2, 0) is 14.6 Å². The molecule has 1 rings (SSSR count). The Morgan fingerprint density at radius 3 is 2.44 bits per heavy atom. The minimum absolute atomic E-state index is 0.0271. The van der Waals surface area contributed by atoms with E-state index in [9.17, 15) is 13.0 Å². The first-order valence-electron chi connectivity index (χ1n) is 5.43. The lowest BCUT2D eigenvalue weighted by Crippen LogP contribution is -2.23. The minimum atomic E-state index is -3.83. The van der Waals surface area contributed by atoms with Crippen molar-refractivity contribution in [2.45, 2.75) is 30.4 Å². The van der Waals surface area contributed by atoms with E-state index in [0.29, 0.717) is 0 Å². The number of benzene rings is 1. The van der Waals surface area contributed by atoms with E-state index in [1.807, 2.05) is 13.8 Å². The van der Waals surface area contributed by atoms with Gasteiger partial charge in [0, 0.05) is 5.25 Å². The van der Waals surface area contributed by atoms with Crippen molar-refractivity contribution in [1.82, 2.24) is 4.49 Å². The SMILES string of the molecule is CCC(C)SP(N)(=O)NS(=O)(=O)c1ccccc1. The van der Waals surface area contributed by atoms with Crippen LogP contribution in [0.15, 0.2) is 35.2 Å². The van der Waals surface area contributed by atoms with Crippen LogP contribution >= 0.6 is 18.0 Å². The Hall–Kier alpha value is -0.330. The molecule has 1 aromatic carbocycles. The zero-order chi connectivity index (χ0) is 13.8. The highest BCUT2D eigenvalue weighted by Crippen LogP contribution is 2.51. The number of hydrogen-bond donors (Lipinski definition) is 2. The van der Waals surface area contributed by atoms with Gasteiger partial charge in [-0.15, -0.1) is 4.49 Å². The fourth-order valence-electron chi connectivity index (χ4n) is 1.18. The van der Waals surface area contributed by atoms with Crippen LogP contribution in [-0.4, -0.2) is 13.7 Å². The molecule has 0 amide bonds. The first-order valence-corrected chi connectivity index (χ1v) is 10.2. The van der Waals surface area contributed by atoms with Gasteiger partial charge in [-0.05, 0) is 18.6 Å². The quantitative estimate of drug-likeness (QED) is 0.788. The monoisotopic (exact) mass is 308 g/mol. The number of nitrogens with one attached hydrogen (secondary N) is 1. The van der Waals surface area contributed by atoms with Crippen LogP contribution in [0.3, 0.4) is 0 Å². The Morgan fingerprint density at radius 1 is 1.39 bits per heavy atom. The van der Waals surface area contributed by atoms with E-state index in [4.69, 9.17) is 5.50 Å². The molecule has 5 nitrogen and oxygen atoms in total. The fourth-order valence-corrected chi connectivity index (χ4v) is 7.64. The molecule has 0 heterocycles. The molecule has 2 atom stereocenters. The molecule has 0 fully saturated rings. The second-order valence-electron chi connectivity index (χ2n) is 3.83. The standard InChI is InChI=1S/C10H17N2O3PS2/c1-3-9(2)17-16(11,13)12-18(14,15)10-7-5-4-6-8-10/h4-9H,3H2,1-2H3,(H3,11,12,13). The van der Waals surface area contributed by atoms with Crippen LogP contribution in [0, 0.1) is 0 Å². The summed E-state index contributed by atoms with van der Waals surface area (Å²) < 4.78 is 38.0. The van der Waals surface area contributed by atoms with Crippen molar-refractivity contribution in [3.05, 3.63) is 30.3 Å². The normalized spacial score (nSPS) is 17.1. The maximum Gasteiger partial charge on any atom is 0.277 e. The number of rotatable bonds is 6. The van der Waals surface area contributed by atoms with E-state index in [-0.39, 0.29) is 10.1 Å². The average Bonchev–Trinajstić information content (AvgIpc) is 2.28. The zero-order valence-electron chi connectivity index (χ0n) is 10.2. The molecular weight excluding hydrogens is 291 g/mol. The van der Waals surface area contributed by atoms with E-state index in [0.717, 1.165) is 17.8 Å². The third-order valence-electron chi connectivity index (χ3n) is 2.21. The summed E-state index contributed by atoms with van der Waals surface area (Å²) in [5, 5.41) is 0.0271. The molecule has 0 radical (unpaired) electrons. The molecule has 0 saturated carbocycles. The Labute approximate surface area is 112 Å². The van der Waals surface area contributed by atoms with E-state index < -0.39 is 16.7 Å². The zero-order valence-corrected chi connectivity index (χ0v) is 12.8. The second-order valence-corrected chi connectivity index (χ2v) is 10.5. The van der Waals surface area contributed by atoms with E-state index in [1.165, 1.54) is 12.1 Å². The Bertz CT molecular complexity index is 533. The summed E-state index contributed by atoms with van der Waals surface area (Å²) in [5.41, 5.74) is 5.54. The van der Waals surface area contributed by atoms with Crippen LogP contribution in [0.2, 0.25) is 0 Å². The van der Waals surface area contributed by atoms with E-state index in [1.54, 1.807) is 18.2 Å². The molecule has 0 saturated heterocycles. The minimum Gasteiger partial charge on any atom is -0.276 e. The lowest BCUT2D eigenvalue weighted by Gasteiger charge is -2.17. The summed E-state index contributed by atoms with van der Waals surface area (Å²) in [6, 6.07) is 7.75. The number of hydrogen-bond acceptors (Lipinski definition) is 4. The van der Waals surface area contributed by atoms with Gasteiger partial charge < -0.3 is 0 Å². The Kier molecular flexibility index (Phi) is 5.43. The maximum absolute atomic E-state index is 12.0. The Morgan fingerprint density at radius 2 is 1.94 bits per heavy atom. The van der Waals surface area contributed by atoms with Crippen LogP contribution in [0.1, 0.15) is 20.3 Å². The molecule has 0 spiro atoms. The fraction of sp³-hybridized carbons (Fsp3) is 0.400. The summed E-state index contributed by atoms with van der Waals surface area (Å²) in [5.74, 6) is 0. The van der Waals surface area contributed by atoms with Gasteiger partial charge in [0.05, 0.1) is 4.90 Å². The predicted molar refractivity (Wildman–Crippen MR) is 75.9 cm³/mol. The van der Waals surface area contributed by atoms with Crippen molar-refractivity contribution in [3.8, 4) is 0 Å². The van der Waals surface area contributed by atoms with Gasteiger partial charge >= 0.3 is 0 Å². The van der Waals surface area contributed by atoms with Gasteiger partial charge in [-0.3, -0.25) is 10.1 Å². The van der Waals surface area contributed by atoms with Crippen LogP contribution < -0.4 is 10.00 Å². The molecule has 18 heavy (non-hydrogen) atoms. The first-order chi connectivity index (χ1) is 8.27. The molecule has 102 valence electrons. The summed E-state index contributed by atoms with van der Waals surface area (Å²) in [4.78, 5) is 0.0560. The third-order valence-corrected chi connectivity index (χ3v) is 8.78. The number of sulfonamides is 1. The average molecular weight is 308 g/mol. The van der Waals surface area contributed by atoms with E-state index in [2.05, 4.69) is 4.49 Å². The highest BCUT2D eigenvalue weighted by Gasteiger charge is 2.27. The molecule has 0 aliphatic heterocycles. The maximum atomic E-state index is 12.0. The van der Waals surface area contributed by atoms with Gasteiger partial charge in [0.2, 0.25) is 10.0 Å². The highest BCUT2D eigenvalue weighted by molar-refractivity contribution is 8.58. The summed E-state index contributed by atoms with van der Waals surface area (Å²) >= 11 is 0.966. The van der Waals surface area contributed by atoms with Gasteiger partial charge in [-0.1, -0.05) is 43.4 Å². The lowest BCUT2D eigenvalue weighted by molar-refractivity contribution is 0.574. The molecule has 2 unspecified atom stereocenters. The van der Waals surface area contributed by atoms with Crippen LogP contribution in [0.4, 0.5) is 0 Å². The van der Waals surface area contributed by atoms with Gasteiger partial charge in [-0.25, -0.2) is 8.42 Å². The van der Waals surface area contributed by atoms with Crippen molar-refractivity contribution >= 4 is 28.1 Å². The molecule has 1 aromatic rings. The molecule has 0 bridgehead atoms. The number of nitrogens with two attached hydrogens (primary N) is 1. The topological polar surface area (TPSA) is 89.3 Å². The second kappa shape index (κ2) is 6.21. The largest absolute Gasteiger partial charge is 0.277 e. The van der Waals surface area contributed by atoms with Crippen molar-refractivity contribution in [3.63, 3.8) is 0 Å². The Balaban J connectivity index is 2.87. The molecule has 0 aliphatic carbocycles. The van der Waals surface area contributed by atoms with Gasteiger partial charge in [0.1, 0.15) is 0 Å². The third kappa shape index (κ3) is 4.74. The predicted octanol–water partition coefficient (Wildman–Crippen LogP) is 2.56. The van der Waals surface area contributed by atoms with Gasteiger partial charge in [0.25, 0.3) is 6.65 Å².